The van der Waals surface area contributed by atoms with Crippen molar-refractivity contribution in [1.82, 2.24) is 30.6 Å². The van der Waals surface area contributed by atoms with E-state index >= 15 is 0 Å². The Morgan fingerprint density at radius 2 is 2.40 bits per heavy atom. The standard InChI is InChI=1S/C12H16N6OS/c1-7-3-14-12(20-7)8(2)15-11(19)10-6-18(17-16-10)9-4-13-5-9/h3,6,8-9,13H,4-5H2,1-2H3,(H,15,19). The summed E-state index contributed by atoms with van der Waals surface area (Å²) >= 11 is 1.58. The highest BCUT2D eigenvalue weighted by molar-refractivity contribution is 7.11. The van der Waals surface area contributed by atoms with Crippen LogP contribution in [0.5, 0.6) is 0 Å². The van der Waals surface area contributed by atoms with Gasteiger partial charge in [-0.15, -0.1) is 16.4 Å². The third-order valence-electron chi connectivity index (χ3n) is 3.23. The fourth-order valence-corrected chi connectivity index (χ4v) is 2.70. The van der Waals surface area contributed by atoms with Gasteiger partial charge >= 0.3 is 0 Å². The topological polar surface area (TPSA) is 84.7 Å². The van der Waals surface area contributed by atoms with E-state index in [2.05, 4.69) is 25.9 Å². The maximum absolute atomic E-state index is 12.1. The van der Waals surface area contributed by atoms with Crippen LogP contribution >= 0.6 is 11.3 Å². The second-order valence-corrected chi connectivity index (χ2v) is 6.17. The molecule has 0 saturated carbocycles. The van der Waals surface area contributed by atoms with E-state index < -0.39 is 0 Å². The van der Waals surface area contributed by atoms with Crippen LogP contribution in [-0.2, 0) is 0 Å². The molecule has 0 radical (unpaired) electrons. The maximum Gasteiger partial charge on any atom is 0.274 e. The summed E-state index contributed by atoms with van der Waals surface area (Å²) in [5, 5.41) is 14.9. The zero-order valence-electron chi connectivity index (χ0n) is 11.3. The van der Waals surface area contributed by atoms with E-state index in [1.54, 1.807) is 22.2 Å². The molecule has 0 aliphatic carbocycles. The van der Waals surface area contributed by atoms with Gasteiger partial charge in [0.25, 0.3) is 5.91 Å². The number of aryl methyl sites for hydroxylation is 1. The molecule has 0 bridgehead atoms. The molecule has 8 heteroatoms. The van der Waals surface area contributed by atoms with Crippen molar-refractivity contribution >= 4 is 17.2 Å². The number of carbonyl (C=O) groups excluding carboxylic acids is 1. The average molecular weight is 292 g/mol. The molecule has 3 rings (SSSR count). The van der Waals surface area contributed by atoms with Crippen LogP contribution in [0.3, 0.4) is 0 Å². The first-order chi connectivity index (χ1) is 9.63. The Morgan fingerprint density at radius 1 is 1.60 bits per heavy atom. The monoisotopic (exact) mass is 292 g/mol. The Labute approximate surface area is 120 Å². The molecule has 1 aliphatic rings. The Morgan fingerprint density at radius 3 is 3.00 bits per heavy atom. The SMILES string of the molecule is Cc1cnc(C(C)NC(=O)c2cn(C3CNC3)nn2)s1. The van der Waals surface area contributed by atoms with E-state index in [0.717, 1.165) is 23.0 Å². The summed E-state index contributed by atoms with van der Waals surface area (Å²) in [6, 6.07) is 0.180. The smallest absolute Gasteiger partial charge is 0.274 e. The lowest BCUT2D eigenvalue weighted by molar-refractivity contribution is 0.0934. The number of thiazole rings is 1. The molecule has 1 unspecified atom stereocenters. The lowest BCUT2D eigenvalue weighted by atomic mass is 10.2. The molecule has 2 N–H and O–H groups in total. The molecule has 7 nitrogen and oxygen atoms in total. The van der Waals surface area contributed by atoms with Gasteiger partial charge in [0.05, 0.1) is 18.3 Å². The Balaban J connectivity index is 1.65. The van der Waals surface area contributed by atoms with Crippen molar-refractivity contribution in [3.63, 3.8) is 0 Å². The van der Waals surface area contributed by atoms with Crippen LogP contribution in [-0.4, -0.2) is 39.0 Å². The molecule has 2 aromatic heterocycles. The van der Waals surface area contributed by atoms with Gasteiger partial charge in [0, 0.05) is 24.2 Å². The minimum atomic E-state index is -0.219. The minimum Gasteiger partial charge on any atom is -0.342 e. The van der Waals surface area contributed by atoms with Crippen molar-refractivity contribution in [1.29, 1.82) is 0 Å². The van der Waals surface area contributed by atoms with Crippen LogP contribution in [0.25, 0.3) is 0 Å². The number of amides is 1. The summed E-state index contributed by atoms with van der Waals surface area (Å²) in [6.45, 7) is 5.66. The first kappa shape index (κ1) is 13.2. The maximum atomic E-state index is 12.1. The fourth-order valence-electron chi connectivity index (χ4n) is 1.92. The third-order valence-corrected chi connectivity index (χ3v) is 4.33. The Hall–Kier alpha value is -1.80. The van der Waals surface area contributed by atoms with Crippen LogP contribution in [0.4, 0.5) is 0 Å². The lowest BCUT2D eigenvalue weighted by Gasteiger charge is -2.26. The summed E-state index contributed by atoms with van der Waals surface area (Å²) in [6.07, 6.45) is 3.50. The van der Waals surface area contributed by atoms with Gasteiger partial charge in [0.1, 0.15) is 5.01 Å². The Bertz CT molecular complexity index is 617. The van der Waals surface area contributed by atoms with Crippen LogP contribution in [0.1, 0.15) is 39.4 Å². The van der Waals surface area contributed by atoms with Crippen molar-refractivity contribution < 1.29 is 4.79 Å². The number of nitrogens with zero attached hydrogens (tertiary/aromatic N) is 4. The molecule has 1 atom stereocenters. The molecular formula is C12H16N6OS. The molecule has 1 fully saturated rings. The molecule has 3 heterocycles. The molecule has 106 valence electrons. The summed E-state index contributed by atoms with van der Waals surface area (Å²) in [5.41, 5.74) is 0.344. The van der Waals surface area contributed by atoms with E-state index in [4.69, 9.17) is 0 Å². The van der Waals surface area contributed by atoms with Crippen LogP contribution in [0, 0.1) is 6.92 Å². The third kappa shape index (κ3) is 2.56. The second-order valence-electron chi connectivity index (χ2n) is 4.90. The largest absolute Gasteiger partial charge is 0.342 e. The molecule has 1 aliphatic heterocycles. The van der Waals surface area contributed by atoms with E-state index in [9.17, 15) is 4.79 Å². The first-order valence-electron chi connectivity index (χ1n) is 6.49. The summed E-state index contributed by atoms with van der Waals surface area (Å²) in [5.74, 6) is -0.219. The van der Waals surface area contributed by atoms with Gasteiger partial charge in [-0.25, -0.2) is 9.67 Å². The van der Waals surface area contributed by atoms with Crippen molar-refractivity contribution in [3.05, 3.63) is 28.0 Å². The molecule has 1 amide bonds. The van der Waals surface area contributed by atoms with Crippen molar-refractivity contribution in [2.75, 3.05) is 13.1 Å². The van der Waals surface area contributed by atoms with E-state index in [-0.39, 0.29) is 11.9 Å². The van der Waals surface area contributed by atoms with E-state index in [1.165, 1.54) is 0 Å². The molecular weight excluding hydrogens is 276 g/mol. The lowest BCUT2D eigenvalue weighted by Crippen LogP contribution is -2.43. The first-order valence-corrected chi connectivity index (χ1v) is 7.31. The zero-order chi connectivity index (χ0) is 14.1. The van der Waals surface area contributed by atoms with E-state index in [0.29, 0.717) is 11.7 Å². The number of nitrogens with one attached hydrogen (secondary N) is 2. The van der Waals surface area contributed by atoms with Gasteiger partial charge in [0.15, 0.2) is 5.69 Å². The summed E-state index contributed by atoms with van der Waals surface area (Å²) < 4.78 is 1.74. The average Bonchev–Trinajstić information content (AvgIpc) is 2.96. The van der Waals surface area contributed by atoms with Crippen molar-refractivity contribution in [2.45, 2.75) is 25.9 Å². The number of aromatic nitrogens is 4. The van der Waals surface area contributed by atoms with Gasteiger partial charge < -0.3 is 10.6 Å². The predicted octanol–water partition coefficient (Wildman–Crippen LogP) is 0.678. The number of hydrogen-bond acceptors (Lipinski definition) is 6. The second kappa shape index (κ2) is 5.29. The Kier molecular flexibility index (Phi) is 3.49. The highest BCUT2D eigenvalue weighted by atomic mass is 32.1. The molecule has 1 saturated heterocycles. The molecule has 20 heavy (non-hydrogen) atoms. The van der Waals surface area contributed by atoms with Crippen LogP contribution < -0.4 is 10.6 Å². The van der Waals surface area contributed by atoms with Crippen LogP contribution in [0.15, 0.2) is 12.4 Å². The minimum absolute atomic E-state index is 0.128. The number of hydrogen-bond donors (Lipinski definition) is 2. The summed E-state index contributed by atoms with van der Waals surface area (Å²) in [7, 11) is 0. The highest BCUT2D eigenvalue weighted by Crippen LogP contribution is 2.19. The van der Waals surface area contributed by atoms with Gasteiger partial charge in [-0.05, 0) is 13.8 Å². The van der Waals surface area contributed by atoms with Gasteiger partial charge in [-0.1, -0.05) is 5.21 Å². The van der Waals surface area contributed by atoms with Crippen molar-refractivity contribution in [3.8, 4) is 0 Å². The predicted molar refractivity (Wildman–Crippen MR) is 74.7 cm³/mol. The fraction of sp³-hybridized carbons (Fsp3) is 0.500. The van der Waals surface area contributed by atoms with Gasteiger partial charge in [-0.2, -0.15) is 0 Å². The van der Waals surface area contributed by atoms with Crippen molar-refractivity contribution in [2.24, 2.45) is 0 Å². The zero-order valence-corrected chi connectivity index (χ0v) is 12.1. The highest BCUT2D eigenvalue weighted by Gasteiger charge is 2.22. The van der Waals surface area contributed by atoms with Crippen LogP contribution in [0.2, 0.25) is 0 Å². The quantitative estimate of drug-likeness (QED) is 0.865. The normalized spacial score (nSPS) is 16.7. The van der Waals surface area contributed by atoms with Gasteiger partial charge in [-0.3, -0.25) is 4.79 Å². The number of carbonyl (C=O) groups is 1. The molecule has 0 aromatic carbocycles. The van der Waals surface area contributed by atoms with Gasteiger partial charge in [0.2, 0.25) is 0 Å². The molecule has 0 spiro atoms. The van der Waals surface area contributed by atoms with E-state index in [1.807, 2.05) is 20.0 Å². The molecule has 2 aromatic rings. The summed E-state index contributed by atoms with van der Waals surface area (Å²) in [4.78, 5) is 17.5. The number of rotatable bonds is 4.